The summed E-state index contributed by atoms with van der Waals surface area (Å²) in [7, 11) is 0. The maximum atomic E-state index is 13.5. The minimum absolute atomic E-state index is 0.0862. The van der Waals surface area contributed by atoms with Gasteiger partial charge in [-0.05, 0) is 25.1 Å². The smallest absolute Gasteiger partial charge is 0.316 e. The fourth-order valence-corrected chi connectivity index (χ4v) is 3.17. The minimum atomic E-state index is -0.766. The first-order valence-electron chi connectivity index (χ1n) is 7.04. The molecule has 0 aliphatic heterocycles. The number of aromatic nitrogens is 2. The molecule has 1 amide bonds. The summed E-state index contributed by atoms with van der Waals surface area (Å²) in [6.45, 7) is 2.01. The Morgan fingerprint density at radius 2 is 2.04 bits per heavy atom. The maximum absolute atomic E-state index is 13.5. The second-order valence-electron chi connectivity index (χ2n) is 4.42. The predicted molar refractivity (Wildman–Crippen MR) is 91.3 cm³/mol. The van der Waals surface area contributed by atoms with E-state index in [1.165, 1.54) is 6.07 Å². The number of carbonyl (C=O) groups is 2. The number of anilines is 1. The summed E-state index contributed by atoms with van der Waals surface area (Å²) < 4.78 is 32.2. The van der Waals surface area contributed by atoms with Crippen molar-refractivity contribution in [1.82, 2.24) is 10.2 Å². The van der Waals surface area contributed by atoms with Gasteiger partial charge < -0.3 is 4.74 Å². The number of thioether (sulfide) groups is 1. The second kappa shape index (κ2) is 9.23. The molecule has 0 radical (unpaired) electrons. The van der Waals surface area contributed by atoms with E-state index >= 15 is 0 Å². The Morgan fingerprint density at radius 3 is 2.72 bits per heavy atom. The first kappa shape index (κ1) is 19.0. The summed E-state index contributed by atoms with van der Waals surface area (Å²) in [6, 6.07) is 3.43. The number of halogens is 2. The van der Waals surface area contributed by atoms with Crippen LogP contribution in [0.15, 0.2) is 28.6 Å². The van der Waals surface area contributed by atoms with Gasteiger partial charge in [-0.2, -0.15) is 0 Å². The highest BCUT2D eigenvalue weighted by Gasteiger charge is 2.10. The molecule has 0 saturated carbocycles. The van der Waals surface area contributed by atoms with Crippen molar-refractivity contribution in [2.24, 2.45) is 0 Å². The lowest BCUT2D eigenvalue weighted by Crippen LogP contribution is -2.07. The quantitative estimate of drug-likeness (QED) is 0.341. The van der Waals surface area contributed by atoms with Gasteiger partial charge in [0.15, 0.2) is 4.34 Å². The van der Waals surface area contributed by atoms with Gasteiger partial charge in [-0.3, -0.25) is 14.9 Å². The molecule has 0 spiro atoms. The highest BCUT2D eigenvalue weighted by atomic mass is 32.2. The van der Waals surface area contributed by atoms with E-state index < -0.39 is 17.5 Å². The van der Waals surface area contributed by atoms with Crippen molar-refractivity contribution in [2.75, 3.05) is 17.7 Å². The zero-order valence-corrected chi connectivity index (χ0v) is 14.6. The molecular weight excluding hydrogens is 372 g/mol. The van der Waals surface area contributed by atoms with Crippen LogP contribution >= 0.6 is 23.1 Å². The molecule has 0 aliphatic rings. The van der Waals surface area contributed by atoms with Crippen LogP contribution in [0.2, 0.25) is 0 Å². The number of rotatable bonds is 7. The molecule has 0 aliphatic carbocycles. The highest BCUT2D eigenvalue weighted by molar-refractivity contribution is 8.01. The highest BCUT2D eigenvalue weighted by Crippen LogP contribution is 2.25. The predicted octanol–water partition coefficient (Wildman–Crippen LogP) is 3.12. The van der Waals surface area contributed by atoms with E-state index in [0.29, 0.717) is 10.9 Å². The van der Waals surface area contributed by atoms with Crippen molar-refractivity contribution >= 4 is 46.2 Å². The van der Waals surface area contributed by atoms with Gasteiger partial charge in [0.05, 0.1) is 12.4 Å². The van der Waals surface area contributed by atoms with E-state index in [-0.39, 0.29) is 22.4 Å². The summed E-state index contributed by atoms with van der Waals surface area (Å²) in [5.41, 5.74) is -0.305. The fourth-order valence-electron chi connectivity index (χ4n) is 1.62. The standard InChI is InChI=1S/C15H13F2N3O3S2/c1-2-23-13(22)8-24-15-20-19-14(25-15)18-12(21)7-6-9-10(16)4-3-5-11(9)17/h3-7H,2,8H2,1H3,(H,18,19,21). The van der Waals surface area contributed by atoms with Crippen molar-refractivity contribution in [2.45, 2.75) is 11.3 Å². The number of nitrogens with zero attached hydrogens (tertiary/aromatic N) is 2. The molecule has 10 heteroatoms. The van der Waals surface area contributed by atoms with Crippen LogP contribution in [0.4, 0.5) is 13.9 Å². The Balaban J connectivity index is 1.91. The van der Waals surface area contributed by atoms with Crippen molar-refractivity contribution in [3.8, 4) is 0 Å². The third-order valence-electron chi connectivity index (χ3n) is 2.66. The lowest BCUT2D eigenvalue weighted by atomic mass is 10.2. The zero-order chi connectivity index (χ0) is 18.2. The van der Waals surface area contributed by atoms with Crippen molar-refractivity contribution < 1.29 is 23.1 Å². The molecule has 6 nitrogen and oxygen atoms in total. The number of hydrogen-bond donors (Lipinski definition) is 1. The van der Waals surface area contributed by atoms with Crippen molar-refractivity contribution in [1.29, 1.82) is 0 Å². The summed E-state index contributed by atoms with van der Waals surface area (Å²) in [4.78, 5) is 23.0. The first-order chi connectivity index (χ1) is 12.0. The zero-order valence-electron chi connectivity index (χ0n) is 13.0. The van der Waals surface area contributed by atoms with Crippen molar-refractivity contribution in [3.63, 3.8) is 0 Å². The molecule has 25 heavy (non-hydrogen) atoms. The largest absolute Gasteiger partial charge is 0.465 e. The Kier molecular flexibility index (Phi) is 7.02. The topological polar surface area (TPSA) is 81.2 Å². The number of esters is 1. The van der Waals surface area contributed by atoms with E-state index in [4.69, 9.17) is 4.74 Å². The fraction of sp³-hybridized carbons (Fsp3) is 0.200. The van der Waals surface area contributed by atoms with Gasteiger partial charge in [0, 0.05) is 11.6 Å². The molecule has 0 unspecified atom stereocenters. The van der Waals surface area contributed by atoms with E-state index in [1.807, 2.05) is 0 Å². The third-order valence-corrected chi connectivity index (χ3v) is 4.60. The Bertz CT molecular complexity index is 776. The monoisotopic (exact) mass is 385 g/mol. The molecule has 132 valence electrons. The van der Waals surface area contributed by atoms with Crippen LogP contribution in [0.25, 0.3) is 6.08 Å². The molecule has 1 aromatic carbocycles. The molecule has 2 aromatic rings. The van der Waals surface area contributed by atoms with Gasteiger partial charge in [-0.1, -0.05) is 29.2 Å². The molecule has 1 aromatic heterocycles. The Hall–Kier alpha value is -2.33. The summed E-state index contributed by atoms with van der Waals surface area (Å²) in [5.74, 6) is -2.43. The number of nitrogens with one attached hydrogen (secondary N) is 1. The average Bonchev–Trinajstić information content (AvgIpc) is 3.00. The van der Waals surface area contributed by atoms with E-state index in [0.717, 1.165) is 47.4 Å². The van der Waals surface area contributed by atoms with E-state index in [9.17, 15) is 18.4 Å². The molecule has 0 bridgehead atoms. The lowest BCUT2D eigenvalue weighted by Gasteiger charge is -1.99. The number of benzene rings is 1. The van der Waals surface area contributed by atoms with Gasteiger partial charge in [0.25, 0.3) is 0 Å². The van der Waals surface area contributed by atoms with Crippen molar-refractivity contribution in [3.05, 3.63) is 41.5 Å². The van der Waals surface area contributed by atoms with Crippen LogP contribution < -0.4 is 5.32 Å². The van der Waals surface area contributed by atoms with Crippen LogP contribution in [0, 0.1) is 11.6 Å². The maximum Gasteiger partial charge on any atom is 0.316 e. The van der Waals surface area contributed by atoms with Gasteiger partial charge in [0.2, 0.25) is 11.0 Å². The molecule has 0 atom stereocenters. The Labute approximate surface area is 150 Å². The third kappa shape index (κ3) is 5.91. The second-order valence-corrected chi connectivity index (χ2v) is 6.62. The molecule has 2 rings (SSSR count). The molecular formula is C15H13F2N3O3S2. The van der Waals surface area contributed by atoms with Crippen LogP contribution in [0.3, 0.4) is 0 Å². The summed E-state index contributed by atoms with van der Waals surface area (Å²) >= 11 is 2.20. The van der Waals surface area contributed by atoms with Gasteiger partial charge in [-0.25, -0.2) is 8.78 Å². The number of carbonyl (C=O) groups excluding carboxylic acids is 2. The van der Waals surface area contributed by atoms with Crippen LogP contribution in [0.1, 0.15) is 12.5 Å². The van der Waals surface area contributed by atoms with Gasteiger partial charge in [0.1, 0.15) is 11.6 Å². The molecule has 0 fully saturated rings. The van der Waals surface area contributed by atoms with Crippen LogP contribution in [-0.2, 0) is 14.3 Å². The van der Waals surface area contributed by atoms with Crippen LogP contribution in [-0.4, -0.2) is 34.4 Å². The summed E-state index contributed by atoms with van der Waals surface area (Å²) in [5, 5.41) is 10.2. The SMILES string of the molecule is CCOC(=O)CSc1nnc(NC(=O)C=Cc2c(F)cccc2F)s1. The minimum Gasteiger partial charge on any atom is -0.465 e. The van der Waals surface area contributed by atoms with Crippen LogP contribution in [0.5, 0.6) is 0 Å². The molecule has 0 saturated heterocycles. The molecule has 1 heterocycles. The number of hydrogen-bond acceptors (Lipinski definition) is 7. The first-order valence-corrected chi connectivity index (χ1v) is 8.84. The lowest BCUT2D eigenvalue weighted by molar-refractivity contribution is -0.139. The van der Waals surface area contributed by atoms with E-state index in [1.54, 1.807) is 6.92 Å². The van der Waals surface area contributed by atoms with Gasteiger partial charge in [-0.15, -0.1) is 10.2 Å². The summed E-state index contributed by atoms with van der Waals surface area (Å²) in [6.07, 6.45) is 2.03. The van der Waals surface area contributed by atoms with Gasteiger partial charge >= 0.3 is 5.97 Å². The normalized spacial score (nSPS) is 10.8. The van der Waals surface area contributed by atoms with E-state index in [2.05, 4.69) is 15.5 Å². The molecule has 1 N–H and O–H groups in total. The average molecular weight is 385 g/mol. The number of ether oxygens (including phenoxy) is 1. The Morgan fingerprint density at radius 1 is 1.32 bits per heavy atom. The number of amides is 1.